The minimum atomic E-state index is -1.11. The predicted molar refractivity (Wildman–Crippen MR) is 125 cm³/mol. The Kier molecular flexibility index (Phi) is 6.42. The highest BCUT2D eigenvalue weighted by molar-refractivity contribution is 8.18. The molecule has 0 aliphatic carbocycles. The van der Waals surface area contributed by atoms with E-state index in [4.69, 9.17) is 27.6 Å². The molecule has 4 rings (SSSR count). The van der Waals surface area contributed by atoms with Crippen molar-refractivity contribution >= 4 is 63.9 Å². The second-order valence-corrected chi connectivity index (χ2v) is 8.74. The van der Waals surface area contributed by atoms with Gasteiger partial charge in [-0.1, -0.05) is 23.2 Å². The number of aromatic carboxylic acids is 1. The summed E-state index contributed by atoms with van der Waals surface area (Å²) in [5, 5.41) is 9.37. The van der Waals surface area contributed by atoms with E-state index in [1.807, 2.05) is 0 Å². The van der Waals surface area contributed by atoms with E-state index in [0.29, 0.717) is 38.7 Å². The molecule has 1 aliphatic rings. The van der Waals surface area contributed by atoms with Crippen molar-refractivity contribution in [2.24, 2.45) is 0 Å². The van der Waals surface area contributed by atoms with E-state index in [9.17, 15) is 24.3 Å². The number of carbonyl (C=O) groups excluding carboxylic acids is 3. The van der Waals surface area contributed by atoms with Gasteiger partial charge in [-0.3, -0.25) is 19.3 Å². The molecule has 7 nitrogen and oxygen atoms in total. The second-order valence-electron chi connectivity index (χ2n) is 6.90. The SMILES string of the molecule is O=C(O)c1ccc(Cl)c(-c2ccc(/C=C3\SC(=O)N(CC(=O)c4ccc(Cl)cc4)C3=O)o2)c1. The number of thioether (sulfide) groups is 1. The van der Waals surface area contributed by atoms with Crippen LogP contribution in [-0.2, 0) is 4.79 Å². The zero-order chi connectivity index (χ0) is 23.7. The summed E-state index contributed by atoms with van der Waals surface area (Å²) in [6.07, 6.45) is 1.39. The number of hydrogen-bond donors (Lipinski definition) is 1. The number of rotatable bonds is 6. The van der Waals surface area contributed by atoms with Crippen LogP contribution in [0.5, 0.6) is 0 Å². The van der Waals surface area contributed by atoms with Crippen molar-refractivity contribution in [2.45, 2.75) is 0 Å². The monoisotopic (exact) mass is 501 g/mol. The molecule has 10 heteroatoms. The molecule has 0 saturated carbocycles. The van der Waals surface area contributed by atoms with Gasteiger partial charge in [0.1, 0.15) is 11.5 Å². The normalized spacial score (nSPS) is 14.8. The standard InChI is InChI=1S/C23H13Cl2NO6S/c24-14-4-1-12(2-5-14)18(27)11-26-21(28)20(33-23(26)31)10-15-6-8-19(32-15)16-9-13(22(29)30)3-7-17(16)25/h1-10H,11H2,(H,29,30)/b20-10-. The van der Waals surface area contributed by atoms with E-state index in [2.05, 4.69) is 0 Å². The van der Waals surface area contributed by atoms with Crippen LogP contribution in [0.2, 0.25) is 10.0 Å². The van der Waals surface area contributed by atoms with E-state index in [0.717, 1.165) is 4.90 Å². The third-order valence-corrected chi connectivity index (χ3v) is 6.21. The number of carboxylic acids is 1. The maximum Gasteiger partial charge on any atom is 0.335 e. The van der Waals surface area contributed by atoms with Crippen molar-refractivity contribution in [1.29, 1.82) is 0 Å². The number of ketones is 1. The van der Waals surface area contributed by atoms with Crippen LogP contribution in [0.1, 0.15) is 26.5 Å². The second kappa shape index (κ2) is 9.27. The average molecular weight is 502 g/mol. The Balaban J connectivity index is 1.53. The van der Waals surface area contributed by atoms with Gasteiger partial charge >= 0.3 is 5.97 Å². The van der Waals surface area contributed by atoms with Gasteiger partial charge < -0.3 is 9.52 Å². The number of nitrogens with zero attached hydrogens (tertiary/aromatic N) is 1. The Morgan fingerprint density at radius 2 is 1.70 bits per heavy atom. The molecule has 2 aromatic carbocycles. The molecule has 2 heterocycles. The topological polar surface area (TPSA) is 105 Å². The van der Waals surface area contributed by atoms with E-state index in [1.165, 1.54) is 36.4 Å². The van der Waals surface area contributed by atoms with Crippen LogP contribution in [0, 0.1) is 0 Å². The highest BCUT2D eigenvalue weighted by atomic mass is 35.5. The summed E-state index contributed by atoms with van der Waals surface area (Å²) in [4.78, 5) is 49.7. The lowest BCUT2D eigenvalue weighted by molar-refractivity contribution is -0.122. The first-order valence-corrected chi connectivity index (χ1v) is 11.0. The Bertz CT molecular complexity index is 1330. The number of carbonyl (C=O) groups is 4. The van der Waals surface area contributed by atoms with E-state index in [1.54, 1.807) is 24.3 Å². The number of furan rings is 1. The van der Waals surface area contributed by atoms with Gasteiger partial charge in [0.05, 0.1) is 22.0 Å². The highest BCUT2D eigenvalue weighted by Crippen LogP contribution is 2.35. The van der Waals surface area contributed by atoms with Gasteiger partial charge in [0, 0.05) is 22.2 Å². The molecule has 3 aromatic rings. The first-order valence-electron chi connectivity index (χ1n) is 9.40. The largest absolute Gasteiger partial charge is 0.478 e. The summed E-state index contributed by atoms with van der Waals surface area (Å²) in [7, 11) is 0. The fraction of sp³-hybridized carbons (Fsp3) is 0.0435. The molecule has 1 N–H and O–H groups in total. The summed E-state index contributed by atoms with van der Waals surface area (Å²) >= 11 is 12.7. The number of imide groups is 1. The zero-order valence-electron chi connectivity index (χ0n) is 16.6. The lowest BCUT2D eigenvalue weighted by Gasteiger charge is -2.11. The molecule has 0 spiro atoms. The first kappa shape index (κ1) is 22.8. The average Bonchev–Trinajstić information content (AvgIpc) is 3.34. The Morgan fingerprint density at radius 1 is 1.00 bits per heavy atom. The van der Waals surface area contributed by atoms with Crippen molar-refractivity contribution in [1.82, 2.24) is 4.90 Å². The Hall–Kier alpha value is -3.33. The third kappa shape index (κ3) is 4.88. The molecule has 1 aromatic heterocycles. The lowest BCUT2D eigenvalue weighted by Crippen LogP contribution is -2.33. The minimum absolute atomic E-state index is 0.0406. The molecule has 0 atom stereocenters. The van der Waals surface area contributed by atoms with Crippen LogP contribution in [0.3, 0.4) is 0 Å². The maximum absolute atomic E-state index is 12.7. The predicted octanol–water partition coefficient (Wildman–Crippen LogP) is 5.87. The van der Waals surface area contributed by atoms with Crippen LogP contribution >= 0.6 is 35.0 Å². The third-order valence-electron chi connectivity index (χ3n) is 4.72. The molecule has 0 unspecified atom stereocenters. The molecule has 33 heavy (non-hydrogen) atoms. The van der Waals surface area contributed by atoms with Crippen LogP contribution in [0.4, 0.5) is 4.79 Å². The van der Waals surface area contributed by atoms with Gasteiger partial charge in [-0.05, 0) is 66.4 Å². The van der Waals surface area contributed by atoms with Gasteiger partial charge in [0.2, 0.25) is 0 Å². The number of carboxylic acid groups (broad SMARTS) is 1. The fourth-order valence-electron chi connectivity index (χ4n) is 3.06. The van der Waals surface area contributed by atoms with Crippen LogP contribution in [-0.4, -0.2) is 39.5 Å². The Morgan fingerprint density at radius 3 is 2.39 bits per heavy atom. The van der Waals surface area contributed by atoms with Gasteiger partial charge in [-0.25, -0.2) is 4.79 Å². The molecular weight excluding hydrogens is 489 g/mol. The smallest absolute Gasteiger partial charge is 0.335 e. The van der Waals surface area contributed by atoms with E-state index in [-0.39, 0.29) is 16.2 Å². The van der Waals surface area contributed by atoms with Gasteiger partial charge in [0.25, 0.3) is 11.1 Å². The summed E-state index contributed by atoms with van der Waals surface area (Å²) in [6, 6.07) is 13.5. The summed E-state index contributed by atoms with van der Waals surface area (Å²) in [5.41, 5.74) is 0.746. The molecule has 0 radical (unpaired) electrons. The van der Waals surface area contributed by atoms with Crippen molar-refractivity contribution in [3.63, 3.8) is 0 Å². The number of halogens is 2. The maximum atomic E-state index is 12.7. The molecule has 166 valence electrons. The summed E-state index contributed by atoms with van der Waals surface area (Å²) in [5.74, 6) is -1.57. The van der Waals surface area contributed by atoms with Gasteiger partial charge in [-0.15, -0.1) is 0 Å². The molecule has 1 fully saturated rings. The van der Waals surface area contributed by atoms with Crippen molar-refractivity contribution < 1.29 is 28.7 Å². The van der Waals surface area contributed by atoms with Crippen molar-refractivity contribution in [2.75, 3.05) is 6.54 Å². The van der Waals surface area contributed by atoms with Gasteiger partial charge in [-0.2, -0.15) is 0 Å². The molecule has 0 bridgehead atoms. The van der Waals surface area contributed by atoms with E-state index >= 15 is 0 Å². The molecule has 1 aliphatic heterocycles. The van der Waals surface area contributed by atoms with E-state index < -0.39 is 29.4 Å². The summed E-state index contributed by atoms with van der Waals surface area (Å²) in [6.45, 7) is -0.398. The molecule has 1 saturated heterocycles. The Labute approximate surface area is 201 Å². The van der Waals surface area contributed by atoms with Crippen molar-refractivity contribution in [3.05, 3.63) is 86.4 Å². The van der Waals surface area contributed by atoms with Crippen LogP contribution in [0.15, 0.2) is 63.9 Å². The lowest BCUT2D eigenvalue weighted by atomic mass is 10.1. The number of hydrogen-bond acceptors (Lipinski definition) is 6. The number of amides is 2. The minimum Gasteiger partial charge on any atom is -0.478 e. The molecule has 2 amide bonds. The quantitative estimate of drug-likeness (QED) is 0.332. The number of Topliss-reactive ketones (excluding diaryl/α,β-unsaturated/α-hetero) is 1. The first-order chi connectivity index (χ1) is 15.7. The van der Waals surface area contributed by atoms with Crippen LogP contribution in [0.25, 0.3) is 17.4 Å². The van der Waals surface area contributed by atoms with Crippen molar-refractivity contribution in [3.8, 4) is 11.3 Å². The highest BCUT2D eigenvalue weighted by Gasteiger charge is 2.36. The fourth-order valence-corrected chi connectivity index (χ4v) is 4.21. The van der Waals surface area contributed by atoms with Crippen LogP contribution < -0.4 is 0 Å². The molecular formula is C23H13Cl2NO6S. The summed E-state index contributed by atoms with van der Waals surface area (Å²) < 4.78 is 5.70. The zero-order valence-corrected chi connectivity index (χ0v) is 18.9. The number of benzene rings is 2. The van der Waals surface area contributed by atoms with Gasteiger partial charge in [0.15, 0.2) is 5.78 Å².